The third-order valence-corrected chi connectivity index (χ3v) is 2.87. The van der Waals surface area contributed by atoms with Crippen LogP contribution in [0.5, 0.6) is 0 Å². The first kappa shape index (κ1) is 10.9. The van der Waals surface area contributed by atoms with Crippen molar-refractivity contribution in [1.29, 1.82) is 0 Å². The molecule has 1 nitrogen and oxygen atoms in total. The van der Waals surface area contributed by atoms with Gasteiger partial charge in [0.25, 0.3) is 0 Å². The molecule has 0 aliphatic heterocycles. The van der Waals surface area contributed by atoms with Crippen LogP contribution in [0.2, 0.25) is 0 Å². The lowest BCUT2D eigenvalue weighted by Gasteiger charge is -2.00. The molecule has 1 rings (SSSR count). The molecule has 1 aromatic heterocycles. The summed E-state index contributed by atoms with van der Waals surface area (Å²) in [6.45, 7) is 0. The van der Waals surface area contributed by atoms with Gasteiger partial charge in [0, 0.05) is 26.9 Å². The molecule has 0 aliphatic carbocycles. The average molecular weight is 421 g/mol. The van der Waals surface area contributed by atoms with Crippen molar-refractivity contribution in [2.24, 2.45) is 0 Å². The minimum Gasteiger partial charge on any atom is -0.262 e. The minimum atomic E-state index is 0.891. The minimum absolute atomic E-state index is 0.891. The summed E-state index contributed by atoms with van der Waals surface area (Å²) in [6, 6.07) is 0. The van der Waals surface area contributed by atoms with Gasteiger partial charge in [-0.15, -0.1) is 0 Å². The number of rotatable bonds is 1. The number of hydrogen-bond acceptors (Lipinski definition) is 1. The first-order valence-corrected chi connectivity index (χ1v) is 6.10. The van der Waals surface area contributed by atoms with E-state index in [1.54, 1.807) is 12.4 Å². The Bertz CT molecular complexity index is 297. The number of hydrogen-bond donors (Lipinski definition) is 0. The Morgan fingerprint density at radius 3 is 2.08 bits per heavy atom. The zero-order chi connectivity index (χ0) is 9.14. The van der Waals surface area contributed by atoms with E-state index in [2.05, 4.69) is 68.7 Å². The summed E-state index contributed by atoms with van der Waals surface area (Å²) in [5.74, 6) is 0. The summed E-state index contributed by atoms with van der Waals surface area (Å²) in [7, 11) is 0. The summed E-state index contributed by atoms with van der Waals surface area (Å²) >= 11 is 13.4. The van der Waals surface area contributed by atoms with Crippen LogP contribution in [0.1, 0.15) is 5.56 Å². The van der Waals surface area contributed by atoms with E-state index in [1.807, 2.05) is 6.08 Å². The predicted octanol–water partition coefficient (Wildman–Crippen LogP) is 4.69. The van der Waals surface area contributed by atoms with E-state index >= 15 is 0 Å². The molecule has 0 N–H and O–H groups in total. The Morgan fingerprint density at radius 1 is 1.17 bits per heavy atom. The fourth-order valence-corrected chi connectivity index (χ4v) is 2.28. The zero-order valence-electron chi connectivity index (χ0n) is 5.69. The standard InChI is InChI=1S/C7H3Br4N/c8-5-2-12-3-6(9)4(5)1-7(10)11/h1-3H. The maximum atomic E-state index is 4.00. The number of halogens is 4. The highest BCUT2D eigenvalue weighted by Gasteiger charge is 2.01. The molecule has 0 saturated carbocycles. The van der Waals surface area contributed by atoms with Gasteiger partial charge >= 0.3 is 0 Å². The Morgan fingerprint density at radius 2 is 1.67 bits per heavy atom. The van der Waals surface area contributed by atoms with E-state index in [9.17, 15) is 0 Å². The highest BCUT2D eigenvalue weighted by molar-refractivity contribution is 9.28. The maximum Gasteiger partial charge on any atom is 0.0610 e. The van der Waals surface area contributed by atoms with E-state index < -0.39 is 0 Å². The fraction of sp³-hybridized carbons (Fsp3) is 0. The Hall–Kier alpha value is 0.810. The largest absolute Gasteiger partial charge is 0.262 e. The molecule has 1 aromatic rings. The van der Waals surface area contributed by atoms with Crippen LogP contribution in [0.25, 0.3) is 6.08 Å². The summed E-state index contributed by atoms with van der Waals surface area (Å²) in [4.78, 5) is 4.00. The van der Waals surface area contributed by atoms with Crippen LogP contribution in [0.4, 0.5) is 0 Å². The van der Waals surface area contributed by atoms with Gasteiger partial charge in [0.1, 0.15) is 0 Å². The van der Waals surface area contributed by atoms with Gasteiger partial charge in [0.05, 0.1) is 3.39 Å². The lowest BCUT2D eigenvalue weighted by atomic mass is 10.3. The predicted molar refractivity (Wildman–Crippen MR) is 65.5 cm³/mol. The summed E-state index contributed by atoms with van der Waals surface area (Å²) in [5.41, 5.74) is 1.05. The Kier molecular flexibility index (Phi) is 4.43. The quantitative estimate of drug-likeness (QED) is 0.642. The van der Waals surface area contributed by atoms with Gasteiger partial charge < -0.3 is 0 Å². The molecule has 0 saturated heterocycles. The highest BCUT2D eigenvalue weighted by atomic mass is 79.9. The second-order valence-corrected chi connectivity index (χ2v) is 6.43. The SMILES string of the molecule is BrC(Br)=Cc1c(Br)cncc1Br. The summed E-state index contributed by atoms with van der Waals surface area (Å²) in [5, 5.41) is 0. The van der Waals surface area contributed by atoms with Gasteiger partial charge in [-0.3, -0.25) is 4.98 Å². The lowest BCUT2D eigenvalue weighted by Crippen LogP contribution is -1.80. The van der Waals surface area contributed by atoms with Crippen molar-refractivity contribution in [3.8, 4) is 0 Å². The smallest absolute Gasteiger partial charge is 0.0610 e. The van der Waals surface area contributed by atoms with Gasteiger partial charge in [-0.1, -0.05) is 0 Å². The van der Waals surface area contributed by atoms with Crippen molar-refractivity contribution in [3.05, 3.63) is 30.3 Å². The fourth-order valence-electron chi connectivity index (χ4n) is 0.668. The Labute approximate surface area is 104 Å². The van der Waals surface area contributed by atoms with E-state index in [0.29, 0.717) is 0 Å². The van der Waals surface area contributed by atoms with Crippen LogP contribution < -0.4 is 0 Å². The maximum absolute atomic E-state index is 4.00. The monoisotopic (exact) mass is 417 g/mol. The second-order valence-electron chi connectivity index (χ2n) is 1.95. The molecule has 0 fully saturated rings. The van der Waals surface area contributed by atoms with Crippen molar-refractivity contribution in [2.75, 3.05) is 0 Å². The first-order valence-electron chi connectivity index (χ1n) is 2.93. The van der Waals surface area contributed by atoms with Crippen LogP contribution in [-0.4, -0.2) is 4.98 Å². The van der Waals surface area contributed by atoms with Gasteiger partial charge in [-0.2, -0.15) is 0 Å². The molecule has 0 spiro atoms. The van der Waals surface area contributed by atoms with Crippen LogP contribution in [0, 0.1) is 0 Å². The number of pyridine rings is 1. The molecule has 12 heavy (non-hydrogen) atoms. The second kappa shape index (κ2) is 4.88. The van der Waals surface area contributed by atoms with Gasteiger partial charge in [0.15, 0.2) is 0 Å². The van der Waals surface area contributed by atoms with Gasteiger partial charge in [-0.05, 0) is 69.8 Å². The average Bonchev–Trinajstić information content (AvgIpc) is 1.97. The lowest BCUT2D eigenvalue weighted by molar-refractivity contribution is 1.28. The first-order chi connectivity index (χ1) is 5.61. The highest BCUT2D eigenvalue weighted by Crippen LogP contribution is 2.28. The molecular formula is C7H3Br4N. The van der Waals surface area contributed by atoms with Crippen LogP contribution >= 0.6 is 63.7 Å². The molecule has 0 aliphatic rings. The van der Waals surface area contributed by atoms with Crippen molar-refractivity contribution < 1.29 is 0 Å². The van der Waals surface area contributed by atoms with E-state index in [-0.39, 0.29) is 0 Å². The summed E-state index contributed by atoms with van der Waals surface area (Å²) < 4.78 is 2.80. The third kappa shape index (κ3) is 2.94. The number of nitrogens with zero attached hydrogens (tertiary/aromatic N) is 1. The van der Waals surface area contributed by atoms with Crippen LogP contribution in [-0.2, 0) is 0 Å². The van der Waals surface area contributed by atoms with Crippen molar-refractivity contribution in [1.82, 2.24) is 4.98 Å². The molecule has 1 heterocycles. The topological polar surface area (TPSA) is 12.9 Å². The number of aromatic nitrogens is 1. The van der Waals surface area contributed by atoms with Gasteiger partial charge in [-0.25, -0.2) is 0 Å². The molecule has 0 bridgehead atoms. The van der Waals surface area contributed by atoms with E-state index in [4.69, 9.17) is 0 Å². The molecule has 0 amide bonds. The molecule has 0 atom stereocenters. The molecule has 0 radical (unpaired) electrons. The molecule has 5 heteroatoms. The molecule has 0 aromatic carbocycles. The molecule has 64 valence electrons. The van der Waals surface area contributed by atoms with Crippen molar-refractivity contribution in [2.45, 2.75) is 0 Å². The third-order valence-electron chi connectivity index (χ3n) is 1.14. The molecular weight excluding hydrogens is 418 g/mol. The van der Waals surface area contributed by atoms with Crippen LogP contribution in [0.3, 0.4) is 0 Å². The zero-order valence-corrected chi connectivity index (χ0v) is 12.0. The van der Waals surface area contributed by atoms with Gasteiger partial charge in [0.2, 0.25) is 0 Å². The van der Waals surface area contributed by atoms with Crippen molar-refractivity contribution >= 4 is 69.8 Å². The normalized spacial score (nSPS) is 9.67. The van der Waals surface area contributed by atoms with Crippen LogP contribution in [0.15, 0.2) is 24.7 Å². The van der Waals surface area contributed by atoms with E-state index in [1.165, 1.54) is 0 Å². The Balaban J connectivity index is 3.22. The molecule has 0 unspecified atom stereocenters. The summed E-state index contributed by atoms with van der Waals surface area (Å²) in [6.07, 6.45) is 5.44. The van der Waals surface area contributed by atoms with E-state index in [0.717, 1.165) is 17.9 Å². The van der Waals surface area contributed by atoms with Crippen molar-refractivity contribution in [3.63, 3.8) is 0 Å².